The summed E-state index contributed by atoms with van der Waals surface area (Å²) in [6.45, 7) is 1.82. The fraction of sp³-hybridized carbons (Fsp3) is 0.714. The van der Waals surface area contributed by atoms with E-state index in [-0.39, 0.29) is 11.9 Å². The van der Waals surface area contributed by atoms with Crippen LogP contribution in [0.4, 0.5) is 0 Å². The Morgan fingerprint density at radius 2 is 2.05 bits per heavy atom. The van der Waals surface area contributed by atoms with Gasteiger partial charge in [-0.3, -0.25) is 9.48 Å². The Morgan fingerprint density at radius 3 is 2.68 bits per heavy atom. The molecule has 2 rings (SSSR count). The van der Waals surface area contributed by atoms with Crippen molar-refractivity contribution in [3.05, 3.63) is 17.5 Å². The second-order valence-electron chi connectivity index (χ2n) is 5.44. The van der Waals surface area contributed by atoms with Crippen LogP contribution in [0, 0.1) is 6.92 Å². The molecule has 5 heteroatoms. The molecule has 1 aromatic heterocycles. The third kappa shape index (κ3) is 3.56. The lowest BCUT2D eigenvalue weighted by atomic mass is 9.94. The number of aromatic nitrogens is 2. The number of aliphatic hydroxyl groups excluding tert-OH is 1. The van der Waals surface area contributed by atoms with E-state index in [1.807, 2.05) is 6.92 Å². The topological polar surface area (TPSA) is 67.2 Å². The highest BCUT2D eigenvalue weighted by molar-refractivity contribution is 5.95. The molecule has 0 radical (unpaired) electrons. The maximum Gasteiger partial charge on any atom is 0.255 e. The van der Waals surface area contributed by atoms with Gasteiger partial charge in [0, 0.05) is 13.2 Å². The van der Waals surface area contributed by atoms with Crippen molar-refractivity contribution in [1.29, 1.82) is 0 Å². The predicted molar refractivity (Wildman–Crippen MR) is 72.9 cm³/mol. The van der Waals surface area contributed by atoms with Gasteiger partial charge in [0.15, 0.2) is 0 Å². The molecule has 2 atom stereocenters. The molecule has 19 heavy (non-hydrogen) atoms. The van der Waals surface area contributed by atoms with Gasteiger partial charge in [0.2, 0.25) is 0 Å². The van der Waals surface area contributed by atoms with Crippen LogP contribution in [0.3, 0.4) is 0 Å². The molecule has 2 N–H and O–H groups in total. The zero-order chi connectivity index (χ0) is 13.8. The van der Waals surface area contributed by atoms with Crippen LogP contribution in [0.15, 0.2) is 6.20 Å². The lowest BCUT2D eigenvalue weighted by molar-refractivity contribution is 0.0770. The number of nitrogens with zero attached hydrogens (tertiary/aromatic N) is 2. The van der Waals surface area contributed by atoms with Crippen molar-refractivity contribution in [2.75, 3.05) is 0 Å². The number of hydrogen-bond acceptors (Lipinski definition) is 3. The van der Waals surface area contributed by atoms with E-state index in [0.29, 0.717) is 5.56 Å². The number of rotatable bonds is 2. The van der Waals surface area contributed by atoms with E-state index in [4.69, 9.17) is 0 Å². The Morgan fingerprint density at radius 1 is 1.37 bits per heavy atom. The van der Waals surface area contributed by atoms with Crippen LogP contribution in [0.25, 0.3) is 0 Å². The highest BCUT2D eigenvalue weighted by Gasteiger charge is 2.24. The van der Waals surface area contributed by atoms with E-state index in [1.54, 1.807) is 17.9 Å². The number of aryl methyl sites for hydroxylation is 2. The first-order valence-corrected chi connectivity index (χ1v) is 7.07. The van der Waals surface area contributed by atoms with Crippen molar-refractivity contribution in [2.45, 2.75) is 57.6 Å². The van der Waals surface area contributed by atoms with Crippen molar-refractivity contribution >= 4 is 5.91 Å². The van der Waals surface area contributed by atoms with E-state index in [9.17, 15) is 9.90 Å². The summed E-state index contributed by atoms with van der Waals surface area (Å²) in [4.78, 5) is 12.2. The lowest BCUT2D eigenvalue weighted by Crippen LogP contribution is -2.43. The zero-order valence-electron chi connectivity index (χ0n) is 11.7. The summed E-state index contributed by atoms with van der Waals surface area (Å²) >= 11 is 0. The summed E-state index contributed by atoms with van der Waals surface area (Å²) in [6.07, 6.45) is 7.39. The van der Waals surface area contributed by atoms with Gasteiger partial charge in [0.1, 0.15) is 0 Å². The largest absolute Gasteiger partial charge is 0.391 e. The van der Waals surface area contributed by atoms with Crippen molar-refractivity contribution < 1.29 is 9.90 Å². The molecule has 1 fully saturated rings. The minimum atomic E-state index is -0.429. The second-order valence-corrected chi connectivity index (χ2v) is 5.44. The zero-order valence-corrected chi connectivity index (χ0v) is 11.7. The highest BCUT2D eigenvalue weighted by Crippen LogP contribution is 2.18. The van der Waals surface area contributed by atoms with Crippen molar-refractivity contribution in [1.82, 2.24) is 15.1 Å². The summed E-state index contributed by atoms with van der Waals surface area (Å²) in [5, 5.41) is 17.2. The fourth-order valence-corrected chi connectivity index (χ4v) is 2.70. The van der Waals surface area contributed by atoms with Gasteiger partial charge < -0.3 is 10.4 Å². The molecule has 1 aromatic rings. The Hall–Kier alpha value is -1.36. The van der Waals surface area contributed by atoms with Gasteiger partial charge in [-0.2, -0.15) is 5.10 Å². The van der Waals surface area contributed by atoms with E-state index in [0.717, 1.165) is 31.4 Å². The Balaban J connectivity index is 2.02. The van der Waals surface area contributed by atoms with Gasteiger partial charge >= 0.3 is 0 Å². The molecule has 1 aliphatic carbocycles. The number of carbonyl (C=O) groups excluding carboxylic acids is 1. The standard InChI is InChI=1S/C14H23N3O2/c1-10-11(9-17(2)16-10)14(19)15-12-7-5-3-4-6-8-13(12)18/h9,12-13,18H,3-8H2,1-2H3,(H,15,19)/t12-,13-/m0/s1. The first-order valence-electron chi connectivity index (χ1n) is 7.07. The van der Waals surface area contributed by atoms with Gasteiger partial charge in [0.05, 0.1) is 23.4 Å². The van der Waals surface area contributed by atoms with Gasteiger partial charge in [-0.1, -0.05) is 25.7 Å². The number of amides is 1. The normalized spacial score (nSPS) is 24.6. The molecule has 0 unspecified atom stereocenters. The molecule has 0 aromatic carbocycles. The predicted octanol–water partition coefficient (Wildman–Crippen LogP) is 1.54. The number of aliphatic hydroxyl groups is 1. The van der Waals surface area contributed by atoms with Crippen LogP contribution in [-0.4, -0.2) is 32.9 Å². The third-order valence-electron chi connectivity index (χ3n) is 3.80. The van der Waals surface area contributed by atoms with Crippen LogP contribution >= 0.6 is 0 Å². The van der Waals surface area contributed by atoms with Crippen LogP contribution in [0.5, 0.6) is 0 Å². The maximum absolute atomic E-state index is 12.2. The van der Waals surface area contributed by atoms with Crippen molar-refractivity contribution in [3.8, 4) is 0 Å². The van der Waals surface area contributed by atoms with Gasteiger partial charge in [-0.25, -0.2) is 0 Å². The number of nitrogens with one attached hydrogen (secondary N) is 1. The maximum atomic E-state index is 12.2. The molecule has 0 bridgehead atoms. The van der Waals surface area contributed by atoms with Crippen LogP contribution in [-0.2, 0) is 7.05 Å². The van der Waals surface area contributed by atoms with Crippen LogP contribution in [0.1, 0.15) is 54.6 Å². The van der Waals surface area contributed by atoms with E-state index < -0.39 is 6.10 Å². The molecule has 1 amide bonds. The first-order chi connectivity index (χ1) is 9.08. The summed E-state index contributed by atoms with van der Waals surface area (Å²) in [6, 6.07) is -0.132. The minimum Gasteiger partial charge on any atom is -0.391 e. The van der Waals surface area contributed by atoms with E-state index >= 15 is 0 Å². The Bertz CT molecular complexity index is 442. The average molecular weight is 265 g/mol. The van der Waals surface area contributed by atoms with E-state index in [2.05, 4.69) is 10.4 Å². The molecule has 0 spiro atoms. The van der Waals surface area contributed by atoms with Gasteiger partial charge in [-0.05, 0) is 19.8 Å². The molecule has 5 nitrogen and oxygen atoms in total. The number of carbonyl (C=O) groups is 1. The summed E-state index contributed by atoms with van der Waals surface area (Å²) in [5.74, 6) is -0.129. The molecular formula is C14H23N3O2. The van der Waals surface area contributed by atoms with Crippen molar-refractivity contribution in [3.63, 3.8) is 0 Å². The highest BCUT2D eigenvalue weighted by atomic mass is 16.3. The average Bonchev–Trinajstić information content (AvgIpc) is 2.68. The van der Waals surface area contributed by atoms with Crippen LogP contribution < -0.4 is 5.32 Å². The molecule has 1 aliphatic rings. The summed E-state index contributed by atoms with van der Waals surface area (Å²) in [7, 11) is 1.80. The molecule has 0 saturated heterocycles. The Labute approximate surface area is 114 Å². The third-order valence-corrected chi connectivity index (χ3v) is 3.80. The lowest BCUT2D eigenvalue weighted by Gasteiger charge is -2.26. The number of hydrogen-bond donors (Lipinski definition) is 2. The smallest absolute Gasteiger partial charge is 0.255 e. The minimum absolute atomic E-state index is 0.129. The first kappa shape index (κ1) is 14.1. The fourth-order valence-electron chi connectivity index (χ4n) is 2.70. The van der Waals surface area contributed by atoms with Crippen LogP contribution in [0.2, 0.25) is 0 Å². The SMILES string of the molecule is Cc1nn(C)cc1C(=O)N[C@H]1CCCCCC[C@@H]1O. The van der Waals surface area contributed by atoms with Gasteiger partial charge in [0.25, 0.3) is 5.91 Å². The molecule has 1 heterocycles. The second kappa shape index (κ2) is 6.19. The van der Waals surface area contributed by atoms with Gasteiger partial charge in [-0.15, -0.1) is 0 Å². The molecule has 106 valence electrons. The molecule has 0 aliphatic heterocycles. The summed E-state index contributed by atoms with van der Waals surface area (Å²) in [5.41, 5.74) is 1.32. The monoisotopic (exact) mass is 265 g/mol. The van der Waals surface area contributed by atoms with E-state index in [1.165, 1.54) is 12.8 Å². The Kier molecular flexibility index (Phi) is 4.58. The summed E-state index contributed by atoms with van der Waals surface area (Å²) < 4.78 is 1.64. The molecule has 1 saturated carbocycles. The molecular weight excluding hydrogens is 242 g/mol. The quantitative estimate of drug-likeness (QED) is 0.852. The van der Waals surface area contributed by atoms with Crippen molar-refractivity contribution in [2.24, 2.45) is 7.05 Å².